The van der Waals surface area contributed by atoms with E-state index in [1.54, 1.807) is 6.92 Å². The van der Waals surface area contributed by atoms with Crippen LogP contribution in [0, 0.1) is 6.92 Å². The molecule has 0 aliphatic rings. The fraction of sp³-hybridized carbons (Fsp3) is 0.333. The summed E-state index contributed by atoms with van der Waals surface area (Å²) in [5.41, 5.74) is 0.452. The molecule has 20 heavy (non-hydrogen) atoms. The molecule has 0 saturated carbocycles. The number of alkyl halides is 1. The molecular weight excluding hydrogens is 387 g/mol. The Balaban J connectivity index is 0.00000361. The van der Waals surface area contributed by atoms with Crippen molar-refractivity contribution in [2.24, 2.45) is 0 Å². The third-order valence-corrected chi connectivity index (χ3v) is 4.64. The van der Waals surface area contributed by atoms with Crippen molar-refractivity contribution in [1.29, 1.82) is 0 Å². The molecule has 1 aromatic rings. The van der Waals surface area contributed by atoms with E-state index < -0.39 is 10.1 Å². The normalized spacial score (nSPS) is 10.9. The van der Waals surface area contributed by atoms with Crippen LogP contribution in [0.2, 0.25) is 0 Å². The Morgan fingerprint density at radius 3 is 2.65 bits per heavy atom. The quantitative estimate of drug-likeness (QED) is 0.141. The molecular formula is C9H10BrNaO7S2. The van der Waals surface area contributed by atoms with Crippen molar-refractivity contribution in [1.82, 2.24) is 0 Å². The molecule has 0 heterocycles. The Kier molecular flexibility index (Phi) is 9.72. The van der Waals surface area contributed by atoms with Gasteiger partial charge in [0.2, 0.25) is 0 Å². The number of aryl methyl sites for hydroxylation is 1. The molecule has 0 amide bonds. The molecule has 0 spiro atoms. The first-order chi connectivity index (χ1) is 8.89. The number of hydrogen-bond donors (Lipinski definition) is 1. The first-order valence-corrected chi connectivity index (χ1v) is 8.28. The second-order valence-electron chi connectivity index (χ2n) is 3.34. The van der Waals surface area contributed by atoms with Gasteiger partial charge in [0.05, 0.1) is 22.7 Å². The van der Waals surface area contributed by atoms with Gasteiger partial charge in [0.15, 0.2) is 0 Å². The molecule has 0 saturated heterocycles. The Labute approximate surface area is 151 Å². The summed E-state index contributed by atoms with van der Waals surface area (Å²) in [5.74, 6) is -0.487. The zero-order valence-corrected chi connectivity index (χ0v) is 15.9. The van der Waals surface area contributed by atoms with Crippen LogP contribution in [-0.4, -0.2) is 24.6 Å². The Morgan fingerprint density at radius 2 is 2.10 bits per heavy atom. The van der Waals surface area contributed by atoms with E-state index in [-0.39, 0.29) is 57.0 Å². The van der Waals surface area contributed by atoms with Gasteiger partial charge in [-0.2, -0.15) is 12.8 Å². The van der Waals surface area contributed by atoms with Gasteiger partial charge in [0.25, 0.3) is 0 Å². The minimum Gasteiger partial charge on any atom is -0.691 e. The summed E-state index contributed by atoms with van der Waals surface area (Å²) in [6.45, 7) is 1.58. The van der Waals surface area contributed by atoms with Gasteiger partial charge in [0.1, 0.15) is 11.5 Å². The number of benzene rings is 1. The molecule has 1 rings (SSSR count). The molecule has 0 bridgehead atoms. The topological polar surface area (TPSA) is 105 Å². The minimum absolute atomic E-state index is 0. The third kappa shape index (κ3) is 6.50. The van der Waals surface area contributed by atoms with Gasteiger partial charge in [-0.3, -0.25) is 5.04 Å². The molecule has 0 fully saturated rings. The van der Waals surface area contributed by atoms with Gasteiger partial charge < -0.3 is 14.5 Å². The molecule has 0 aromatic heterocycles. The van der Waals surface area contributed by atoms with Gasteiger partial charge in [-0.25, -0.2) is 0 Å². The monoisotopic (exact) mass is 396 g/mol. The predicted molar refractivity (Wildman–Crippen MR) is 69.1 cm³/mol. The van der Waals surface area contributed by atoms with E-state index in [0.29, 0.717) is 17.6 Å². The standard InChI is InChI=1S/C9H11BrO7S2.Na/c1-6-4-9(18-17-16-12)7(11)5-8(6)15-19(13,14)3-2-10;/h4-5,11-12H,2-3H2,1H3;/q;+1/p-1. The fourth-order valence-electron chi connectivity index (χ4n) is 1.13. The van der Waals surface area contributed by atoms with Gasteiger partial charge >= 0.3 is 39.7 Å². The maximum Gasteiger partial charge on any atom is 1.00 e. The largest absolute Gasteiger partial charge is 1.00 e. The van der Waals surface area contributed by atoms with Crippen molar-refractivity contribution in [2.75, 3.05) is 11.1 Å². The Hall–Kier alpha value is 0.480. The van der Waals surface area contributed by atoms with Crippen LogP contribution < -0.4 is 39.0 Å². The number of phenols is 1. The minimum atomic E-state index is -3.72. The molecule has 0 aliphatic carbocycles. The van der Waals surface area contributed by atoms with Gasteiger partial charge in [-0.1, -0.05) is 15.9 Å². The van der Waals surface area contributed by atoms with E-state index in [9.17, 15) is 18.8 Å². The average Bonchev–Trinajstić information content (AvgIpc) is 2.31. The fourth-order valence-corrected chi connectivity index (χ4v) is 3.52. The van der Waals surface area contributed by atoms with Crippen LogP contribution in [-0.2, 0) is 19.5 Å². The van der Waals surface area contributed by atoms with Crippen molar-refractivity contribution < 1.29 is 61.9 Å². The van der Waals surface area contributed by atoms with Crippen LogP contribution in [0.1, 0.15) is 5.56 Å². The zero-order valence-electron chi connectivity index (χ0n) is 10.7. The molecule has 1 N–H and O–H groups in total. The van der Waals surface area contributed by atoms with E-state index in [4.69, 9.17) is 4.18 Å². The third-order valence-electron chi connectivity index (χ3n) is 1.95. The van der Waals surface area contributed by atoms with E-state index in [2.05, 4.69) is 25.3 Å². The summed E-state index contributed by atoms with van der Waals surface area (Å²) in [5, 5.41) is 22.7. The summed E-state index contributed by atoms with van der Waals surface area (Å²) in [7, 11) is -3.72. The second-order valence-corrected chi connectivity index (χ2v) is 6.56. The predicted octanol–water partition coefficient (Wildman–Crippen LogP) is -1.96. The first-order valence-electron chi connectivity index (χ1n) is 4.84. The summed E-state index contributed by atoms with van der Waals surface area (Å²) < 4.78 is 31.9. The van der Waals surface area contributed by atoms with Crippen LogP contribution in [0.15, 0.2) is 17.0 Å². The summed E-state index contributed by atoms with van der Waals surface area (Å²) in [4.78, 5) is 0.193. The molecule has 0 aliphatic heterocycles. The molecule has 11 heteroatoms. The van der Waals surface area contributed by atoms with Crippen molar-refractivity contribution >= 4 is 38.1 Å². The maximum atomic E-state index is 11.5. The number of rotatable bonds is 7. The van der Waals surface area contributed by atoms with Crippen molar-refractivity contribution in [3.8, 4) is 11.5 Å². The Bertz CT molecular complexity index is 537. The molecule has 0 radical (unpaired) electrons. The van der Waals surface area contributed by atoms with Crippen LogP contribution in [0.5, 0.6) is 11.5 Å². The van der Waals surface area contributed by atoms with Crippen molar-refractivity contribution in [3.63, 3.8) is 0 Å². The molecule has 7 nitrogen and oxygen atoms in total. The second kappa shape index (κ2) is 9.49. The molecule has 0 atom stereocenters. The van der Waals surface area contributed by atoms with Gasteiger partial charge in [-0.15, -0.1) is 0 Å². The van der Waals surface area contributed by atoms with E-state index in [1.807, 2.05) is 0 Å². The van der Waals surface area contributed by atoms with Crippen LogP contribution >= 0.6 is 28.0 Å². The van der Waals surface area contributed by atoms with Crippen molar-refractivity contribution in [2.45, 2.75) is 11.8 Å². The molecule has 0 unspecified atom stereocenters. The van der Waals surface area contributed by atoms with E-state index >= 15 is 0 Å². The number of halogens is 1. The summed E-state index contributed by atoms with van der Waals surface area (Å²) in [6, 6.07) is 2.52. The maximum absolute atomic E-state index is 11.5. The smallest absolute Gasteiger partial charge is 0.691 e. The van der Waals surface area contributed by atoms with E-state index in [1.165, 1.54) is 6.07 Å². The van der Waals surface area contributed by atoms with Crippen molar-refractivity contribution in [3.05, 3.63) is 17.7 Å². The summed E-state index contributed by atoms with van der Waals surface area (Å²) in [6.07, 6.45) is 0. The van der Waals surface area contributed by atoms with E-state index in [0.717, 1.165) is 6.07 Å². The van der Waals surface area contributed by atoms with Crippen LogP contribution in [0.3, 0.4) is 0 Å². The van der Waals surface area contributed by atoms with Crippen LogP contribution in [0.25, 0.3) is 0 Å². The number of hydrogen-bond acceptors (Lipinski definition) is 8. The first kappa shape index (κ1) is 20.5. The molecule has 108 valence electrons. The van der Waals surface area contributed by atoms with Gasteiger partial charge in [-0.05, 0) is 18.6 Å². The zero-order chi connectivity index (χ0) is 14.5. The summed E-state index contributed by atoms with van der Waals surface area (Å²) >= 11 is 3.50. The molecule has 1 aromatic carbocycles. The SMILES string of the molecule is Cc1cc(SOO[O-])c(O)cc1OS(=O)(=O)CCBr.[Na+]. The average molecular weight is 397 g/mol. The number of phenolic OH excluding ortho intramolecular Hbond substituents is 1. The van der Waals surface area contributed by atoms with Crippen LogP contribution in [0.4, 0.5) is 0 Å². The number of aromatic hydroxyl groups is 1. The Morgan fingerprint density at radius 1 is 1.45 bits per heavy atom. The van der Waals surface area contributed by atoms with Gasteiger partial charge in [0, 0.05) is 11.4 Å².